The van der Waals surface area contributed by atoms with Crippen molar-refractivity contribution in [2.24, 2.45) is 11.3 Å². The molecule has 5 heteroatoms. The van der Waals surface area contributed by atoms with E-state index in [0.717, 1.165) is 16.3 Å². The van der Waals surface area contributed by atoms with Crippen LogP contribution in [0, 0.1) is 11.3 Å². The number of aliphatic hydroxyl groups is 1. The molecule has 2 aromatic rings. The van der Waals surface area contributed by atoms with Crippen LogP contribution in [0.4, 0.5) is 4.39 Å². The number of hydrogen-bond acceptors (Lipinski definition) is 4. The van der Waals surface area contributed by atoms with Gasteiger partial charge in [-0.05, 0) is 43.2 Å². The first-order valence-corrected chi connectivity index (χ1v) is 9.52. The van der Waals surface area contributed by atoms with E-state index in [1.807, 2.05) is 42.5 Å². The van der Waals surface area contributed by atoms with Crippen molar-refractivity contribution in [3.8, 4) is 0 Å². The third-order valence-corrected chi connectivity index (χ3v) is 4.89. The van der Waals surface area contributed by atoms with E-state index in [1.54, 1.807) is 26.8 Å². The number of esters is 1. The second kappa shape index (κ2) is 8.41. The van der Waals surface area contributed by atoms with E-state index in [2.05, 4.69) is 0 Å². The van der Waals surface area contributed by atoms with E-state index >= 15 is 0 Å². The summed E-state index contributed by atoms with van der Waals surface area (Å²) in [4.78, 5) is 12.0. The molecule has 4 nitrogen and oxygen atoms in total. The van der Waals surface area contributed by atoms with Gasteiger partial charge in [-0.15, -0.1) is 0 Å². The zero-order valence-corrected chi connectivity index (χ0v) is 16.5. The minimum Gasteiger partial charge on any atom is -0.465 e. The first-order chi connectivity index (χ1) is 13.3. The zero-order chi connectivity index (χ0) is 20.3. The van der Waals surface area contributed by atoms with Crippen molar-refractivity contribution in [3.05, 3.63) is 60.2 Å². The SMILES string of the molecule is CC(C)(C)C(=O)OC[C@H]1C=C[C@H](O)[C@H](F)[C@@H]1OCc1ccc2ccccc2c1. The van der Waals surface area contributed by atoms with Crippen LogP contribution in [-0.4, -0.2) is 36.1 Å². The maximum absolute atomic E-state index is 14.6. The van der Waals surface area contributed by atoms with Crippen molar-refractivity contribution in [1.82, 2.24) is 0 Å². The summed E-state index contributed by atoms with van der Waals surface area (Å²) >= 11 is 0. The van der Waals surface area contributed by atoms with Gasteiger partial charge in [-0.2, -0.15) is 0 Å². The fourth-order valence-electron chi connectivity index (χ4n) is 3.18. The summed E-state index contributed by atoms with van der Waals surface area (Å²) in [5.41, 5.74) is 0.287. The predicted molar refractivity (Wildman–Crippen MR) is 106 cm³/mol. The number of rotatable bonds is 5. The minimum absolute atomic E-state index is 0.0160. The first kappa shape index (κ1) is 20.5. The number of carbonyl (C=O) groups is 1. The summed E-state index contributed by atoms with van der Waals surface area (Å²) < 4.78 is 25.8. The van der Waals surface area contributed by atoms with E-state index in [0.29, 0.717) is 0 Å². The highest BCUT2D eigenvalue weighted by molar-refractivity contribution is 5.82. The number of ether oxygens (including phenoxy) is 2. The Bertz CT molecular complexity index is 855. The smallest absolute Gasteiger partial charge is 0.311 e. The third kappa shape index (κ3) is 4.78. The number of hydrogen-bond donors (Lipinski definition) is 1. The van der Waals surface area contributed by atoms with Gasteiger partial charge in [-0.25, -0.2) is 4.39 Å². The maximum atomic E-state index is 14.6. The first-order valence-electron chi connectivity index (χ1n) is 9.52. The Morgan fingerprint density at radius 3 is 2.54 bits per heavy atom. The average molecular weight is 386 g/mol. The Morgan fingerprint density at radius 1 is 1.11 bits per heavy atom. The monoisotopic (exact) mass is 386 g/mol. The second-order valence-corrected chi connectivity index (χ2v) is 8.29. The fraction of sp³-hybridized carbons (Fsp3) is 0.435. The highest BCUT2D eigenvalue weighted by Crippen LogP contribution is 2.27. The quantitative estimate of drug-likeness (QED) is 0.618. The lowest BCUT2D eigenvalue weighted by Gasteiger charge is -2.33. The van der Waals surface area contributed by atoms with Gasteiger partial charge < -0.3 is 14.6 Å². The molecule has 4 atom stereocenters. The van der Waals surface area contributed by atoms with Gasteiger partial charge in [0.05, 0.1) is 12.0 Å². The van der Waals surface area contributed by atoms with Gasteiger partial charge in [-0.1, -0.05) is 48.6 Å². The van der Waals surface area contributed by atoms with Crippen molar-refractivity contribution in [2.45, 2.75) is 45.8 Å². The Hall–Kier alpha value is -2.24. The molecule has 0 saturated carbocycles. The highest BCUT2D eigenvalue weighted by atomic mass is 19.1. The predicted octanol–water partition coefficient (Wildman–Crippen LogP) is 4.20. The van der Waals surface area contributed by atoms with Gasteiger partial charge in [0.2, 0.25) is 0 Å². The molecule has 1 aliphatic carbocycles. The van der Waals surface area contributed by atoms with Gasteiger partial charge in [-0.3, -0.25) is 4.79 Å². The van der Waals surface area contributed by atoms with E-state index in [4.69, 9.17) is 9.47 Å². The standard InChI is InChI=1S/C23H27FO4/c1-23(2,3)22(26)28-14-18-10-11-19(25)20(24)21(18)27-13-15-8-9-16-6-4-5-7-17(16)12-15/h4-12,18-21,25H,13-14H2,1-3H3/t18-,19+,20+,21-/m1/s1. The van der Waals surface area contributed by atoms with E-state index < -0.39 is 29.7 Å². The zero-order valence-electron chi connectivity index (χ0n) is 16.5. The van der Waals surface area contributed by atoms with Crippen molar-refractivity contribution >= 4 is 16.7 Å². The van der Waals surface area contributed by atoms with E-state index in [-0.39, 0.29) is 19.2 Å². The van der Waals surface area contributed by atoms with Gasteiger partial charge in [0, 0.05) is 5.92 Å². The molecule has 0 bridgehead atoms. The lowest BCUT2D eigenvalue weighted by atomic mass is 9.89. The summed E-state index contributed by atoms with van der Waals surface area (Å²) in [7, 11) is 0. The number of carbonyl (C=O) groups excluding carboxylic acids is 1. The van der Waals surface area contributed by atoms with Crippen molar-refractivity contribution < 1.29 is 23.8 Å². The summed E-state index contributed by atoms with van der Waals surface area (Å²) in [5, 5.41) is 12.1. The Kier molecular flexibility index (Phi) is 6.16. The molecule has 3 rings (SSSR count). The number of aliphatic hydroxyl groups excluding tert-OH is 1. The summed E-state index contributed by atoms with van der Waals surface area (Å²) in [6.07, 6.45) is -0.628. The summed E-state index contributed by atoms with van der Waals surface area (Å²) in [5.74, 6) is -0.805. The van der Waals surface area contributed by atoms with Crippen molar-refractivity contribution in [1.29, 1.82) is 0 Å². The molecule has 0 aromatic heterocycles. The lowest BCUT2D eigenvalue weighted by Crippen LogP contribution is -2.44. The van der Waals surface area contributed by atoms with Crippen LogP contribution in [0.1, 0.15) is 26.3 Å². The topological polar surface area (TPSA) is 55.8 Å². The number of halogens is 1. The minimum atomic E-state index is -1.58. The molecule has 0 spiro atoms. The van der Waals surface area contributed by atoms with Crippen molar-refractivity contribution in [2.75, 3.05) is 6.61 Å². The third-order valence-electron chi connectivity index (χ3n) is 4.89. The molecule has 0 aliphatic heterocycles. The normalized spacial score (nSPS) is 25.0. The summed E-state index contributed by atoms with van der Waals surface area (Å²) in [6, 6.07) is 13.9. The Morgan fingerprint density at radius 2 is 1.82 bits per heavy atom. The Labute approximate surface area is 165 Å². The van der Waals surface area contributed by atoms with Crippen LogP contribution in [0.5, 0.6) is 0 Å². The second-order valence-electron chi connectivity index (χ2n) is 8.29. The molecule has 0 unspecified atom stereocenters. The maximum Gasteiger partial charge on any atom is 0.311 e. The molecule has 28 heavy (non-hydrogen) atoms. The molecule has 1 aliphatic rings. The van der Waals surface area contributed by atoms with E-state index in [9.17, 15) is 14.3 Å². The average Bonchev–Trinajstić information content (AvgIpc) is 2.67. The lowest BCUT2D eigenvalue weighted by molar-refractivity contribution is -0.157. The van der Waals surface area contributed by atoms with Crippen molar-refractivity contribution in [3.63, 3.8) is 0 Å². The fourth-order valence-corrected chi connectivity index (χ4v) is 3.18. The number of alkyl halides is 1. The molecule has 0 heterocycles. The van der Waals surface area contributed by atoms with Crippen LogP contribution in [-0.2, 0) is 20.9 Å². The number of fused-ring (bicyclic) bond motifs is 1. The number of benzene rings is 2. The van der Waals surface area contributed by atoms with Crippen LogP contribution in [0.15, 0.2) is 54.6 Å². The largest absolute Gasteiger partial charge is 0.465 e. The molecule has 0 saturated heterocycles. The molecule has 0 radical (unpaired) electrons. The van der Waals surface area contributed by atoms with Crippen LogP contribution >= 0.6 is 0 Å². The van der Waals surface area contributed by atoms with Gasteiger partial charge in [0.1, 0.15) is 18.8 Å². The van der Waals surface area contributed by atoms with Crippen LogP contribution in [0.25, 0.3) is 10.8 Å². The molecule has 2 aromatic carbocycles. The molecule has 150 valence electrons. The van der Waals surface area contributed by atoms with Gasteiger partial charge in [0.15, 0.2) is 6.17 Å². The summed E-state index contributed by atoms with van der Waals surface area (Å²) in [6.45, 7) is 5.52. The van der Waals surface area contributed by atoms with E-state index in [1.165, 1.54) is 6.08 Å². The van der Waals surface area contributed by atoms with Crippen LogP contribution in [0.3, 0.4) is 0 Å². The Balaban J connectivity index is 1.68. The molecular weight excluding hydrogens is 359 g/mol. The molecule has 0 amide bonds. The molecule has 1 N–H and O–H groups in total. The van der Waals surface area contributed by atoms with Crippen LogP contribution < -0.4 is 0 Å². The van der Waals surface area contributed by atoms with Gasteiger partial charge in [0.25, 0.3) is 0 Å². The molecule has 0 fully saturated rings. The van der Waals surface area contributed by atoms with Crippen LogP contribution in [0.2, 0.25) is 0 Å². The van der Waals surface area contributed by atoms with Gasteiger partial charge >= 0.3 is 5.97 Å². The highest BCUT2D eigenvalue weighted by Gasteiger charge is 2.38. The molecular formula is C23H27FO4.